The van der Waals surface area contributed by atoms with E-state index in [-0.39, 0.29) is 30.1 Å². The highest BCUT2D eigenvalue weighted by Gasteiger charge is 2.31. The van der Waals surface area contributed by atoms with Crippen molar-refractivity contribution in [3.63, 3.8) is 0 Å². The Morgan fingerprint density at radius 3 is 2.44 bits per heavy atom. The maximum Gasteiger partial charge on any atom is 0.229 e. The van der Waals surface area contributed by atoms with Gasteiger partial charge in [0, 0.05) is 17.7 Å². The fourth-order valence-electron chi connectivity index (χ4n) is 2.01. The quantitative estimate of drug-likeness (QED) is 0.620. The number of rotatable bonds is 3. The average molecular weight is 265 g/mol. The third-order valence-electron chi connectivity index (χ3n) is 2.97. The molecule has 4 nitrogen and oxygen atoms in total. The van der Waals surface area contributed by atoms with Crippen LogP contribution in [0.3, 0.4) is 0 Å². The van der Waals surface area contributed by atoms with Crippen molar-refractivity contribution < 1.29 is 14.4 Å². The molecule has 1 aromatic heterocycles. The van der Waals surface area contributed by atoms with E-state index < -0.39 is 0 Å². The molecule has 0 aliphatic carbocycles. The van der Waals surface area contributed by atoms with Gasteiger partial charge in [0.15, 0.2) is 5.78 Å². The Hall–Kier alpha value is -1.49. The summed E-state index contributed by atoms with van der Waals surface area (Å²) in [6.45, 7) is 3.67. The Kier molecular flexibility index (Phi) is 3.61. The van der Waals surface area contributed by atoms with Crippen LogP contribution in [0.5, 0.6) is 0 Å². The first-order valence-corrected chi connectivity index (χ1v) is 6.72. The molecule has 2 heterocycles. The number of likely N-dealkylation sites (tertiary alicyclic amines) is 1. The Labute approximate surface area is 110 Å². The number of amides is 2. The summed E-state index contributed by atoms with van der Waals surface area (Å²) < 4.78 is 0. The zero-order chi connectivity index (χ0) is 13.3. The van der Waals surface area contributed by atoms with Gasteiger partial charge in [-0.3, -0.25) is 19.3 Å². The third-order valence-corrected chi connectivity index (χ3v) is 4.01. The number of thiophene rings is 1. The van der Waals surface area contributed by atoms with Gasteiger partial charge in [0.1, 0.15) is 0 Å². The van der Waals surface area contributed by atoms with E-state index in [4.69, 9.17) is 0 Å². The molecule has 0 saturated carbocycles. The molecule has 5 heteroatoms. The van der Waals surface area contributed by atoms with Crippen molar-refractivity contribution in [3.8, 4) is 0 Å². The van der Waals surface area contributed by atoms with Crippen LogP contribution in [0.25, 0.3) is 0 Å². The molecule has 2 amide bonds. The molecule has 0 N–H and O–H groups in total. The molecule has 0 unspecified atom stereocenters. The number of hydrogen-bond acceptors (Lipinski definition) is 4. The molecular formula is C13H15NO3S. The van der Waals surface area contributed by atoms with Crippen LogP contribution in [0.1, 0.15) is 34.3 Å². The van der Waals surface area contributed by atoms with Gasteiger partial charge in [-0.1, -0.05) is 6.92 Å². The number of hydrogen-bond donors (Lipinski definition) is 0. The standard InChI is InChI=1S/C13H15NO3S/c1-8-5-12(16)14(13(17)6-8)7-10(15)11-4-3-9(2)18-11/h3-4,8H,5-7H2,1-2H3. The van der Waals surface area contributed by atoms with Gasteiger partial charge in [-0.15, -0.1) is 11.3 Å². The summed E-state index contributed by atoms with van der Waals surface area (Å²) in [5.74, 6) is -0.551. The van der Waals surface area contributed by atoms with Gasteiger partial charge in [0.05, 0.1) is 11.4 Å². The molecule has 0 atom stereocenters. The number of Topliss-reactive ketones (excluding diaryl/α,β-unsaturated/α-hetero) is 1. The minimum absolute atomic E-state index is 0.0836. The second-order valence-electron chi connectivity index (χ2n) is 4.72. The normalized spacial score (nSPS) is 17.3. The summed E-state index contributed by atoms with van der Waals surface area (Å²) in [5, 5.41) is 0. The molecular weight excluding hydrogens is 250 g/mol. The number of piperidine rings is 1. The highest BCUT2D eigenvalue weighted by atomic mass is 32.1. The van der Waals surface area contributed by atoms with Crippen LogP contribution >= 0.6 is 11.3 Å². The Morgan fingerprint density at radius 1 is 1.33 bits per heavy atom. The molecule has 1 aliphatic rings. The van der Waals surface area contributed by atoms with E-state index in [1.54, 1.807) is 6.07 Å². The molecule has 96 valence electrons. The molecule has 1 fully saturated rings. The second-order valence-corrected chi connectivity index (χ2v) is 6.01. The lowest BCUT2D eigenvalue weighted by Crippen LogP contribution is -2.45. The number of aryl methyl sites for hydroxylation is 1. The van der Waals surface area contributed by atoms with E-state index in [1.165, 1.54) is 11.3 Å². The second kappa shape index (κ2) is 5.02. The lowest BCUT2D eigenvalue weighted by atomic mass is 9.97. The van der Waals surface area contributed by atoms with Gasteiger partial charge in [0.25, 0.3) is 0 Å². The first-order valence-electron chi connectivity index (χ1n) is 5.90. The number of ketones is 1. The molecule has 1 aliphatic heterocycles. The van der Waals surface area contributed by atoms with Gasteiger partial charge < -0.3 is 0 Å². The Balaban J connectivity index is 2.07. The Morgan fingerprint density at radius 2 is 1.94 bits per heavy atom. The minimum atomic E-state index is -0.236. The van der Waals surface area contributed by atoms with Crippen LogP contribution in [-0.4, -0.2) is 29.0 Å². The number of imide groups is 1. The largest absolute Gasteiger partial charge is 0.291 e. The maximum absolute atomic E-state index is 12.0. The summed E-state index contributed by atoms with van der Waals surface area (Å²) in [6.07, 6.45) is 0.699. The van der Waals surface area contributed by atoms with Crippen LogP contribution in [0.15, 0.2) is 12.1 Å². The van der Waals surface area contributed by atoms with Crippen LogP contribution in [0.2, 0.25) is 0 Å². The highest BCUT2D eigenvalue weighted by Crippen LogP contribution is 2.21. The first kappa shape index (κ1) is 13.0. The predicted octanol–water partition coefficient (Wildman–Crippen LogP) is 2.02. The maximum atomic E-state index is 12.0. The lowest BCUT2D eigenvalue weighted by Gasteiger charge is -2.27. The van der Waals surface area contributed by atoms with Crippen molar-refractivity contribution in [1.82, 2.24) is 4.90 Å². The zero-order valence-electron chi connectivity index (χ0n) is 10.4. The van der Waals surface area contributed by atoms with Gasteiger partial charge in [-0.05, 0) is 25.0 Å². The summed E-state index contributed by atoms with van der Waals surface area (Å²) >= 11 is 1.39. The number of nitrogens with zero attached hydrogens (tertiary/aromatic N) is 1. The van der Waals surface area contributed by atoms with Crippen LogP contribution < -0.4 is 0 Å². The minimum Gasteiger partial charge on any atom is -0.291 e. The molecule has 18 heavy (non-hydrogen) atoms. The molecule has 0 aromatic carbocycles. The van der Waals surface area contributed by atoms with Gasteiger partial charge >= 0.3 is 0 Å². The molecule has 0 spiro atoms. The highest BCUT2D eigenvalue weighted by molar-refractivity contribution is 7.14. The Bertz CT molecular complexity index is 488. The van der Waals surface area contributed by atoms with Crippen molar-refractivity contribution in [2.45, 2.75) is 26.7 Å². The van der Waals surface area contributed by atoms with Crippen LogP contribution in [-0.2, 0) is 9.59 Å². The number of carbonyl (C=O) groups excluding carboxylic acids is 3. The zero-order valence-corrected chi connectivity index (χ0v) is 11.3. The van der Waals surface area contributed by atoms with Gasteiger partial charge in [-0.25, -0.2) is 0 Å². The van der Waals surface area contributed by atoms with Crippen molar-refractivity contribution in [3.05, 3.63) is 21.9 Å². The topological polar surface area (TPSA) is 54.5 Å². The van der Waals surface area contributed by atoms with Crippen molar-refractivity contribution in [2.75, 3.05) is 6.54 Å². The SMILES string of the molecule is Cc1ccc(C(=O)CN2C(=O)CC(C)CC2=O)s1. The third kappa shape index (κ3) is 2.67. The molecule has 2 rings (SSSR count). The van der Waals surface area contributed by atoms with Crippen molar-refractivity contribution >= 4 is 28.9 Å². The average Bonchev–Trinajstić information content (AvgIpc) is 2.70. The molecule has 0 bridgehead atoms. The fraction of sp³-hybridized carbons (Fsp3) is 0.462. The molecule has 1 saturated heterocycles. The summed E-state index contributed by atoms with van der Waals surface area (Å²) in [4.78, 5) is 38.2. The van der Waals surface area contributed by atoms with E-state index in [2.05, 4.69) is 0 Å². The smallest absolute Gasteiger partial charge is 0.229 e. The number of carbonyl (C=O) groups is 3. The van der Waals surface area contributed by atoms with E-state index >= 15 is 0 Å². The monoisotopic (exact) mass is 265 g/mol. The van der Waals surface area contributed by atoms with E-state index in [9.17, 15) is 14.4 Å². The summed E-state index contributed by atoms with van der Waals surface area (Å²) in [6, 6.07) is 3.60. The first-order chi connectivity index (χ1) is 8.47. The van der Waals surface area contributed by atoms with E-state index in [0.717, 1.165) is 9.78 Å². The summed E-state index contributed by atoms with van der Waals surface area (Å²) in [7, 11) is 0. The van der Waals surface area contributed by atoms with Crippen LogP contribution in [0.4, 0.5) is 0 Å². The van der Waals surface area contributed by atoms with Gasteiger partial charge in [-0.2, -0.15) is 0 Å². The van der Waals surface area contributed by atoms with Crippen molar-refractivity contribution in [1.29, 1.82) is 0 Å². The van der Waals surface area contributed by atoms with E-state index in [0.29, 0.717) is 17.7 Å². The van der Waals surface area contributed by atoms with Crippen LogP contribution in [0, 0.1) is 12.8 Å². The summed E-state index contributed by atoms with van der Waals surface area (Å²) in [5.41, 5.74) is 0. The predicted molar refractivity (Wildman–Crippen MR) is 68.5 cm³/mol. The molecule has 1 aromatic rings. The lowest BCUT2D eigenvalue weighted by molar-refractivity contribution is -0.149. The van der Waals surface area contributed by atoms with Crippen molar-refractivity contribution in [2.24, 2.45) is 5.92 Å². The fourth-order valence-corrected chi connectivity index (χ4v) is 2.81. The molecule has 0 radical (unpaired) electrons. The van der Waals surface area contributed by atoms with Gasteiger partial charge in [0.2, 0.25) is 11.8 Å². The van der Waals surface area contributed by atoms with E-state index in [1.807, 2.05) is 19.9 Å².